The largest absolute Gasteiger partial charge is 0.0886 e. The summed E-state index contributed by atoms with van der Waals surface area (Å²) in [5, 5.41) is 22.3. The van der Waals surface area contributed by atoms with Crippen molar-refractivity contribution in [1.29, 1.82) is 0 Å². The molecule has 0 atom stereocenters. The van der Waals surface area contributed by atoms with Crippen LogP contribution in [0.25, 0.3) is 75.4 Å². The zero-order valence-corrected chi connectivity index (χ0v) is 25.0. The summed E-state index contributed by atoms with van der Waals surface area (Å²) in [6.45, 7) is -2.44. The highest BCUT2D eigenvalue weighted by Gasteiger charge is 2.29. The van der Waals surface area contributed by atoms with E-state index in [0.717, 1.165) is 0 Å². The third-order valence-corrected chi connectivity index (χ3v) is 13.6. The lowest BCUT2D eigenvalue weighted by molar-refractivity contribution is 1.77. The SMILES string of the molecule is C=P(c1cccc2ccccc12)(c1ccc2ccc3cccc4ccc1c2c34)c1ccc2ccc3cccc4ccc1c2c34. The summed E-state index contributed by atoms with van der Waals surface area (Å²) in [6.07, 6.45) is 5.41. The van der Waals surface area contributed by atoms with Crippen LogP contribution >= 0.6 is 6.89 Å². The molecule has 0 amide bonds. The van der Waals surface area contributed by atoms with E-state index in [-0.39, 0.29) is 0 Å². The van der Waals surface area contributed by atoms with Crippen molar-refractivity contribution in [3.05, 3.63) is 152 Å². The van der Waals surface area contributed by atoms with Crippen molar-refractivity contribution in [1.82, 2.24) is 0 Å². The van der Waals surface area contributed by atoms with Crippen LogP contribution in [-0.4, -0.2) is 6.30 Å². The van der Waals surface area contributed by atoms with Crippen molar-refractivity contribution in [2.24, 2.45) is 0 Å². The Hall–Kier alpha value is -5.16. The average Bonchev–Trinajstić information content (AvgIpc) is 3.09. The fourth-order valence-corrected chi connectivity index (χ4v) is 11.6. The van der Waals surface area contributed by atoms with Crippen molar-refractivity contribution in [2.45, 2.75) is 0 Å². The topological polar surface area (TPSA) is 0 Å². The van der Waals surface area contributed by atoms with Gasteiger partial charge in [-0.25, -0.2) is 0 Å². The van der Waals surface area contributed by atoms with Gasteiger partial charge < -0.3 is 0 Å². The van der Waals surface area contributed by atoms with Gasteiger partial charge in [0.1, 0.15) is 0 Å². The van der Waals surface area contributed by atoms with E-state index in [0.29, 0.717) is 0 Å². The van der Waals surface area contributed by atoms with Gasteiger partial charge >= 0.3 is 0 Å². The maximum absolute atomic E-state index is 5.41. The molecule has 0 aliphatic carbocycles. The summed E-state index contributed by atoms with van der Waals surface area (Å²) in [5.74, 6) is 0. The second-order valence-corrected chi connectivity index (χ2v) is 15.3. The Morgan fingerprint density at radius 2 is 0.636 bits per heavy atom. The lowest BCUT2D eigenvalue weighted by Crippen LogP contribution is -2.27. The molecule has 0 fully saturated rings. The third-order valence-electron chi connectivity index (χ3n) is 10.0. The quantitative estimate of drug-likeness (QED) is 0.145. The number of fused-ring (bicyclic) bond motifs is 1. The smallest absolute Gasteiger partial charge is 0.00202 e. The van der Waals surface area contributed by atoms with E-state index in [4.69, 9.17) is 6.30 Å². The maximum Gasteiger partial charge on any atom is -0.00202 e. The summed E-state index contributed by atoms with van der Waals surface area (Å²) in [5.41, 5.74) is 0. The Morgan fingerprint density at radius 3 is 1.18 bits per heavy atom. The van der Waals surface area contributed by atoms with E-state index >= 15 is 0 Å². The molecule has 44 heavy (non-hydrogen) atoms. The second kappa shape index (κ2) is 8.70. The van der Waals surface area contributed by atoms with Gasteiger partial charge in [0.05, 0.1) is 0 Å². The molecule has 0 unspecified atom stereocenters. The summed E-state index contributed by atoms with van der Waals surface area (Å²) in [4.78, 5) is 0. The molecule has 0 aliphatic rings. The second-order valence-electron chi connectivity index (χ2n) is 12.2. The first-order valence-corrected chi connectivity index (χ1v) is 17.2. The predicted octanol–water partition coefficient (Wildman–Crippen LogP) is 10.4. The van der Waals surface area contributed by atoms with Gasteiger partial charge in [-0.05, 0) is 98.2 Å². The molecule has 10 rings (SSSR count). The van der Waals surface area contributed by atoms with Crippen LogP contribution in [0.1, 0.15) is 0 Å². The molecule has 0 bridgehead atoms. The molecular weight excluding hydrogens is 547 g/mol. The Morgan fingerprint density at radius 1 is 0.273 bits per heavy atom. The standard InChI is InChI=1S/C43H27P/c1-44(37-14-6-8-27-7-2-3-13-34(27)37,38-25-21-32-17-15-28-9-4-11-30-19-23-35(38)42(32)40(28)30)39-26-22-33-18-16-29-10-5-12-31-20-24-36(39)43(33)41(29)31/h2-26H,1H2. The molecule has 204 valence electrons. The highest BCUT2D eigenvalue weighted by molar-refractivity contribution is 7.94. The Labute approximate surface area is 255 Å². The third kappa shape index (κ3) is 3.09. The summed E-state index contributed by atoms with van der Waals surface area (Å²) in [6, 6.07) is 56.8. The Bertz CT molecular complexity index is 2610. The van der Waals surface area contributed by atoms with Gasteiger partial charge in [-0.2, -0.15) is 0 Å². The van der Waals surface area contributed by atoms with E-state index in [1.54, 1.807) is 0 Å². The van der Waals surface area contributed by atoms with E-state index < -0.39 is 6.89 Å². The minimum absolute atomic E-state index is 1.26. The molecule has 0 saturated heterocycles. The van der Waals surface area contributed by atoms with Crippen molar-refractivity contribution in [2.75, 3.05) is 0 Å². The maximum atomic E-state index is 5.41. The normalized spacial score (nSPS) is 12.6. The van der Waals surface area contributed by atoms with Crippen molar-refractivity contribution in [3.63, 3.8) is 0 Å². The highest BCUT2D eigenvalue weighted by atomic mass is 31.2. The minimum Gasteiger partial charge on any atom is -0.0886 e. The van der Waals surface area contributed by atoms with Gasteiger partial charge in [0.25, 0.3) is 0 Å². The van der Waals surface area contributed by atoms with Crippen molar-refractivity contribution < 1.29 is 0 Å². The van der Waals surface area contributed by atoms with Gasteiger partial charge in [-0.1, -0.05) is 158 Å². The number of hydrogen-bond acceptors (Lipinski definition) is 0. The Kier molecular flexibility index (Phi) is 4.80. The zero-order valence-electron chi connectivity index (χ0n) is 24.1. The van der Waals surface area contributed by atoms with Crippen LogP contribution < -0.4 is 15.9 Å². The monoisotopic (exact) mass is 574 g/mol. The van der Waals surface area contributed by atoms with Crippen LogP contribution in [0, 0.1) is 0 Å². The molecule has 10 aromatic carbocycles. The lowest BCUT2D eigenvalue weighted by atomic mass is 9.94. The first-order chi connectivity index (χ1) is 21.7. The van der Waals surface area contributed by atoms with Crippen LogP contribution in [0.3, 0.4) is 0 Å². The predicted molar refractivity (Wildman–Crippen MR) is 197 cm³/mol. The molecule has 0 heterocycles. The molecular formula is C43H27P. The van der Waals surface area contributed by atoms with Crippen LogP contribution in [0.5, 0.6) is 0 Å². The molecule has 1 heteroatoms. The van der Waals surface area contributed by atoms with Crippen LogP contribution in [0.15, 0.2) is 152 Å². The van der Waals surface area contributed by atoms with Gasteiger partial charge in [-0.15, -0.1) is 0 Å². The molecule has 0 aromatic heterocycles. The van der Waals surface area contributed by atoms with Gasteiger partial charge in [0, 0.05) is 0 Å². The molecule has 0 N–H and O–H groups in total. The minimum atomic E-state index is -2.44. The number of rotatable bonds is 3. The molecule has 0 spiro atoms. The fourth-order valence-electron chi connectivity index (χ4n) is 8.04. The Balaban J connectivity index is 1.42. The highest BCUT2D eigenvalue weighted by Crippen LogP contribution is 2.50. The molecule has 10 aromatic rings. The van der Waals surface area contributed by atoms with E-state index in [2.05, 4.69) is 152 Å². The van der Waals surface area contributed by atoms with E-state index in [9.17, 15) is 0 Å². The van der Waals surface area contributed by atoms with Gasteiger partial charge in [0.15, 0.2) is 0 Å². The average molecular weight is 575 g/mol. The van der Waals surface area contributed by atoms with E-state index in [1.165, 1.54) is 91.3 Å². The molecule has 0 aliphatic heterocycles. The summed E-state index contributed by atoms with van der Waals surface area (Å²) >= 11 is 0. The summed E-state index contributed by atoms with van der Waals surface area (Å²) in [7, 11) is 0. The molecule has 0 nitrogen and oxygen atoms in total. The van der Waals surface area contributed by atoms with Crippen LogP contribution in [-0.2, 0) is 0 Å². The number of hydrogen-bond donors (Lipinski definition) is 0. The zero-order chi connectivity index (χ0) is 29.0. The van der Waals surface area contributed by atoms with Gasteiger partial charge in [0.2, 0.25) is 0 Å². The molecule has 0 radical (unpaired) electrons. The molecule has 0 saturated carbocycles. The van der Waals surface area contributed by atoms with Crippen molar-refractivity contribution in [3.8, 4) is 0 Å². The number of benzene rings is 10. The van der Waals surface area contributed by atoms with Crippen molar-refractivity contribution >= 4 is 105 Å². The summed E-state index contributed by atoms with van der Waals surface area (Å²) < 4.78 is 0. The fraction of sp³-hybridized carbons (Fsp3) is 0. The van der Waals surface area contributed by atoms with Crippen LogP contribution in [0.4, 0.5) is 0 Å². The van der Waals surface area contributed by atoms with E-state index in [1.807, 2.05) is 0 Å². The first-order valence-electron chi connectivity index (χ1n) is 15.3. The lowest BCUT2D eigenvalue weighted by Gasteiger charge is -2.31. The first kappa shape index (κ1) is 24.3. The van der Waals surface area contributed by atoms with Gasteiger partial charge in [-0.3, -0.25) is 0 Å². The van der Waals surface area contributed by atoms with Crippen LogP contribution in [0.2, 0.25) is 0 Å².